The molecule has 2 heterocycles. The fraction of sp³-hybridized carbons (Fsp3) is 0.767. The lowest BCUT2D eigenvalue weighted by Crippen LogP contribution is -2.58. The highest BCUT2D eigenvalue weighted by atomic mass is 31.2. The van der Waals surface area contributed by atoms with Crippen molar-refractivity contribution >= 4 is 37.6 Å². The summed E-state index contributed by atoms with van der Waals surface area (Å²) in [7, 11) is -4.86. The molecule has 0 aromatic rings. The number of amides is 1. The molecule has 1 fully saturated rings. The van der Waals surface area contributed by atoms with E-state index in [-0.39, 0.29) is 12.6 Å². The second-order valence-corrected chi connectivity index (χ2v) is 14.5. The molecule has 17 nitrogen and oxygen atoms in total. The number of carbonyl (C=O) groups excluding carboxylic acids is 5. The molecule has 0 aromatic heterocycles. The second kappa shape index (κ2) is 17.7. The molecule has 0 spiro atoms. The highest BCUT2D eigenvalue weighted by Gasteiger charge is 2.66. The maximum Gasteiger partial charge on any atom is 0.480 e. The standard InChI is InChI=1S/C30H48FN2O15P/c1-18(2)21(7)26(38)41-15-33-14-32(11-10-23(33)35)28-29(9,39)27(47-22(8)34)30(12-31,48-28)13-44-49(40,45-16-42-24(36)19(3)4)46-17-43-25(37)20(5)6/h10-11,18-21,27-28,39H,12-17H2,1-9H3/t21?,27-,28+,29+,30+/m0/s1. The van der Waals surface area contributed by atoms with Crippen molar-refractivity contribution in [2.24, 2.45) is 23.7 Å². The van der Waals surface area contributed by atoms with Crippen molar-refractivity contribution in [1.29, 1.82) is 0 Å². The number of phosphoric acid groups is 1. The average Bonchev–Trinajstić information content (AvgIpc) is 3.24. The first-order valence-electron chi connectivity index (χ1n) is 15.6. The number of hydrogen-bond acceptors (Lipinski definition) is 16. The molecule has 1 unspecified atom stereocenters. The van der Waals surface area contributed by atoms with Crippen LogP contribution in [0.3, 0.4) is 0 Å². The van der Waals surface area contributed by atoms with Gasteiger partial charge in [0.2, 0.25) is 13.6 Å². The summed E-state index contributed by atoms with van der Waals surface area (Å²) in [5.41, 5.74) is -4.59. The van der Waals surface area contributed by atoms with Gasteiger partial charge in [-0.15, -0.1) is 0 Å². The molecule has 280 valence electrons. The van der Waals surface area contributed by atoms with Gasteiger partial charge in [0.25, 0.3) is 5.91 Å². The van der Waals surface area contributed by atoms with Gasteiger partial charge in [-0.1, -0.05) is 48.5 Å². The molecule has 0 aliphatic carbocycles. The van der Waals surface area contributed by atoms with Crippen LogP contribution in [0, 0.1) is 23.7 Å². The molecule has 1 N–H and O–H groups in total. The van der Waals surface area contributed by atoms with Crippen LogP contribution >= 0.6 is 7.82 Å². The summed E-state index contributed by atoms with van der Waals surface area (Å²) in [5.74, 6) is -5.09. The fourth-order valence-electron chi connectivity index (χ4n) is 4.42. The fourth-order valence-corrected chi connectivity index (χ4v) is 5.39. The number of phosphoric ester groups is 1. The predicted octanol–water partition coefficient (Wildman–Crippen LogP) is 2.61. The van der Waals surface area contributed by atoms with E-state index in [1.807, 2.05) is 13.8 Å². The van der Waals surface area contributed by atoms with E-state index < -0.39 is 112 Å². The quantitative estimate of drug-likeness (QED) is 0.0933. The minimum atomic E-state index is -4.86. The van der Waals surface area contributed by atoms with Gasteiger partial charge in [0.05, 0.1) is 31.0 Å². The second-order valence-electron chi connectivity index (χ2n) is 12.8. The van der Waals surface area contributed by atoms with Crippen molar-refractivity contribution in [1.82, 2.24) is 9.80 Å². The van der Waals surface area contributed by atoms with Gasteiger partial charge < -0.3 is 33.7 Å². The number of carbonyl (C=O) groups is 5. The van der Waals surface area contributed by atoms with E-state index in [2.05, 4.69) is 0 Å². The number of alkyl halides is 1. The molecule has 19 heteroatoms. The number of halogens is 1. The summed E-state index contributed by atoms with van der Waals surface area (Å²) in [6, 6.07) is 0. The predicted molar refractivity (Wildman–Crippen MR) is 165 cm³/mol. The molecule has 49 heavy (non-hydrogen) atoms. The number of ether oxygens (including phenoxy) is 5. The Balaban J connectivity index is 2.35. The van der Waals surface area contributed by atoms with Crippen LogP contribution in [-0.2, 0) is 65.8 Å². The molecule has 2 aliphatic heterocycles. The first kappa shape index (κ1) is 42.0. The Labute approximate surface area is 284 Å². The monoisotopic (exact) mass is 726 g/mol. The third-order valence-electron chi connectivity index (χ3n) is 7.69. The van der Waals surface area contributed by atoms with E-state index in [1.54, 1.807) is 6.92 Å². The Kier molecular flexibility index (Phi) is 15.2. The third-order valence-corrected chi connectivity index (χ3v) is 8.98. The van der Waals surface area contributed by atoms with Crippen LogP contribution in [-0.4, -0.2) is 108 Å². The lowest BCUT2D eigenvalue weighted by molar-refractivity contribution is -0.178. The number of aliphatic hydroxyl groups is 1. The Hall–Kier alpha value is -3.15. The van der Waals surface area contributed by atoms with Gasteiger partial charge in [0.1, 0.15) is 12.3 Å². The normalized spacial score (nSPS) is 24.8. The largest absolute Gasteiger partial charge is 0.480 e. The van der Waals surface area contributed by atoms with Gasteiger partial charge in [0.15, 0.2) is 24.7 Å². The first-order chi connectivity index (χ1) is 22.7. The van der Waals surface area contributed by atoms with Gasteiger partial charge in [-0.05, 0) is 12.8 Å². The molecule has 0 aromatic carbocycles. The van der Waals surface area contributed by atoms with Gasteiger partial charge in [0, 0.05) is 19.2 Å². The summed E-state index contributed by atoms with van der Waals surface area (Å²) in [6.07, 6.45) is -1.00. The molecule has 0 saturated carbocycles. The van der Waals surface area contributed by atoms with Crippen molar-refractivity contribution in [3.63, 3.8) is 0 Å². The molecule has 0 bridgehead atoms. The molecule has 1 amide bonds. The van der Waals surface area contributed by atoms with Crippen LogP contribution in [0.5, 0.6) is 0 Å². The summed E-state index contributed by atoms with van der Waals surface area (Å²) >= 11 is 0. The van der Waals surface area contributed by atoms with Crippen molar-refractivity contribution in [2.45, 2.75) is 85.8 Å². The Morgan fingerprint density at radius 3 is 2.00 bits per heavy atom. The highest BCUT2D eigenvalue weighted by molar-refractivity contribution is 7.48. The van der Waals surface area contributed by atoms with E-state index in [1.165, 1.54) is 45.7 Å². The van der Waals surface area contributed by atoms with E-state index in [9.17, 15) is 33.6 Å². The maximum atomic E-state index is 15.1. The van der Waals surface area contributed by atoms with Crippen LogP contribution in [0.15, 0.2) is 12.3 Å². The highest BCUT2D eigenvalue weighted by Crippen LogP contribution is 2.52. The molecule has 0 radical (unpaired) electrons. The number of nitrogens with zero attached hydrogens (tertiary/aromatic N) is 2. The Morgan fingerprint density at radius 1 is 0.980 bits per heavy atom. The van der Waals surface area contributed by atoms with Crippen molar-refractivity contribution in [3.8, 4) is 0 Å². The van der Waals surface area contributed by atoms with E-state index in [0.29, 0.717) is 0 Å². The molecular weight excluding hydrogens is 678 g/mol. The van der Waals surface area contributed by atoms with Crippen LogP contribution in [0.1, 0.15) is 62.3 Å². The Morgan fingerprint density at radius 2 is 1.53 bits per heavy atom. The SMILES string of the molecule is CC(=O)O[C@@H]1[C@@](CF)(COP(=O)(OCOC(=O)C(C)C)OCOC(=O)C(C)C)O[C@@H](N2C=CC(=O)N(COC(=O)C(C)C(C)C)C2)[C@]1(C)O. The zero-order valence-corrected chi connectivity index (χ0v) is 30.1. The number of esters is 4. The summed E-state index contributed by atoms with van der Waals surface area (Å²) < 4.78 is 70.6. The average molecular weight is 727 g/mol. The lowest BCUT2D eigenvalue weighted by Gasteiger charge is -2.39. The van der Waals surface area contributed by atoms with Gasteiger partial charge in [-0.3, -0.25) is 33.4 Å². The zero-order valence-electron chi connectivity index (χ0n) is 29.2. The Bertz CT molecular complexity index is 1250. The molecule has 2 rings (SSSR count). The molecular formula is C30H48FN2O15P. The summed E-state index contributed by atoms with van der Waals surface area (Å²) in [6.45, 7) is 8.50. The van der Waals surface area contributed by atoms with Crippen LogP contribution < -0.4 is 0 Å². The molecule has 5 atom stereocenters. The van der Waals surface area contributed by atoms with Crippen LogP contribution in [0.25, 0.3) is 0 Å². The van der Waals surface area contributed by atoms with Crippen LogP contribution in [0.2, 0.25) is 0 Å². The van der Waals surface area contributed by atoms with Crippen molar-refractivity contribution < 1.29 is 75.3 Å². The third kappa shape index (κ3) is 11.2. The van der Waals surface area contributed by atoms with E-state index >= 15 is 4.39 Å². The molecule has 1 saturated heterocycles. The molecule has 2 aliphatic rings. The minimum absolute atomic E-state index is 0.0200. The van der Waals surface area contributed by atoms with Gasteiger partial charge >= 0.3 is 31.7 Å². The minimum Gasteiger partial charge on any atom is -0.456 e. The van der Waals surface area contributed by atoms with Gasteiger partial charge in [-0.2, -0.15) is 0 Å². The van der Waals surface area contributed by atoms with Crippen molar-refractivity contribution in [3.05, 3.63) is 12.3 Å². The van der Waals surface area contributed by atoms with Crippen LogP contribution in [0.4, 0.5) is 4.39 Å². The number of hydrogen-bond donors (Lipinski definition) is 1. The summed E-state index contributed by atoms with van der Waals surface area (Å²) in [4.78, 5) is 63.4. The van der Waals surface area contributed by atoms with E-state index in [4.69, 9.17) is 37.3 Å². The number of rotatable bonds is 18. The topological polar surface area (TPSA) is 203 Å². The maximum absolute atomic E-state index is 15.1. The van der Waals surface area contributed by atoms with Crippen molar-refractivity contribution in [2.75, 3.05) is 40.3 Å². The lowest BCUT2D eigenvalue weighted by atomic mass is 9.88. The van der Waals surface area contributed by atoms with E-state index in [0.717, 1.165) is 17.9 Å². The smallest absolute Gasteiger partial charge is 0.456 e. The first-order valence-corrected chi connectivity index (χ1v) is 17.1. The zero-order chi connectivity index (χ0) is 37.3. The van der Waals surface area contributed by atoms with Gasteiger partial charge in [-0.25, -0.2) is 18.0 Å². The summed E-state index contributed by atoms with van der Waals surface area (Å²) in [5, 5.41) is 11.7.